The van der Waals surface area contributed by atoms with E-state index < -0.39 is 0 Å². The van der Waals surface area contributed by atoms with Gasteiger partial charge in [-0.15, -0.1) is 0 Å². The van der Waals surface area contributed by atoms with E-state index in [1.165, 1.54) is 52.7 Å². The van der Waals surface area contributed by atoms with Gasteiger partial charge in [-0.1, -0.05) is 54.7 Å². The highest BCUT2D eigenvalue weighted by Gasteiger charge is 2.47. The first-order chi connectivity index (χ1) is 20.8. The van der Waals surface area contributed by atoms with Crippen LogP contribution in [-0.4, -0.2) is 23.1 Å². The number of hydrogen-bond acceptors (Lipinski definition) is 4. The highest BCUT2D eigenvalue weighted by molar-refractivity contribution is 5.50. The maximum absolute atomic E-state index is 12.1. The molecule has 4 bridgehead atoms. The predicted octanol–water partition coefficient (Wildman–Crippen LogP) is 6.22. The summed E-state index contributed by atoms with van der Waals surface area (Å²) in [5.41, 5.74) is 9.99. The largest absolute Gasteiger partial charge is 0.326 e. The van der Waals surface area contributed by atoms with Gasteiger partial charge in [0.15, 0.2) is 0 Å². The van der Waals surface area contributed by atoms with Crippen LogP contribution in [0.3, 0.4) is 0 Å². The van der Waals surface area contributed by atoms with Gasteiger partial charge in [-0.25, -0.2) is 0 Å². The van der Waals surface area contributed by atoms with Crippen molar-refractivity contribution in [3.63, 3.8) is 0 Å². The van der Waals surface area contributed by atoms with Gasteiger partial charge in [0.25, 0.3) is 0 Å². The lowest BCUT2D eigenvalue weighted by molar-refractivity contribution is 0.316. The Morgan fingerprint density at radius 2 is 1.12 bits per heavy atom. The zero-order valence-electron chi connectivity index (χ0n) is 26.4. The van der Waals surface area contributed by atoms with Crippen LogP contribution in [0, 0.1) is 11.8 Å². The van der Waals surface area contributed by atoms with Crippen LogP contribution in [0.4, 0.5) is 0 Å². The number of rotatable bonds is 10. The standard InChI is InChI=1S/C37H48N4O2/c1-5-28-26-18-24(3)22-36(28,30-12-14-34(42)40-32(30)20-26)38-16-10-8-7-9-11-17-39-37-23-25(4)19-27(29(37)6-2)21-33-31(37)13-15-35(43)41-33/h5-6,12-15,18-19,26-27,38-39H,7-11,16-17,20-23H2,1-4H3,(H,40,42)(H,41,43)/b28-5+,29-6+/t26-,27-,36+,37+/m0/s1. The molecule has 0 amide bonds. The van der Waals surface area contributed by atoms with Crippen LogP contribution in [0.5, 0.6) is 0 Å². The topological polar surface area (TPSA) is 89.8 Å². The van der Waals surface area contributed by atoms with E-state index in [1.807, 2.05) is 0 Å². The Hall–Kier alpha value is -3.22. The predicted molar refractivity (Wildman–Crippen MR) is 175 cm³/mol. The van der Waals surface area contributed by atoms with Crippen LogP contribution in [0.25, 0.3) is 0 Å². The summed E-state index contributed by atoms with van der Waals surface area (Å²) in [7, 11) is 0. The molecule has 228 valence electrons. The number of allylic oxidation sites excluding steroid dienone is 4. The van der Waals surface area contributed by atoms with E-state index in [0.29, 0.717) is 11.8 Å². The van der Waals surface area contributed by atoms with E-state index in [1.54, 1.807) is 12.1 Å². The molecule has 0 aliphatic heterocycles. The first kappa shape index (κ1) is 29.8. The summed E-state index contributed by atoms with van der Waals surface area (Å²) in [6, 6.07) is 7.48. The fourth-order valence-electron chi connectivity index (χ4n) is 8.92. The molecule has 6 nitrogen and oxygen atoms in total. The average Bonchev–Trinajstić information content (AvgIpc) is 2.95. The summed E-state index contributed by atoms with van der Waals surface area (Å²) >= 11 is 0. The zero-order chi connectivity index (χ0) is 30.2. The quantitative estimate of drug-likeness (QED) is 0.198. The normalized spacial score (nSPS) is 29.2. The Bertz CT molecular complexity index is 1500. The third-order valence-corrected chi connectivity index (χ3v) is 10.4. The van der Waals surface area contributed by atoms with Gasteiger partial charge in [-0.05, 0) is 114 Å². The van der Waals surface area contributed by atoms with Gasteiger partial charge in [0.05, 0.1) is 11.1 Å². The Morgan fingerprint density at radius 3 is 1.53 bits per heavy atom. The van der Waals surface area contributed by atoms with E-state index in [0.717, 1.165) is 63.0 Å². The molecule has 43 heavy (non-hydrogen) atoms. The van der Waals surface area contributed by atoms with Crippen LogP contribution in [-0.2, 0) is 23.9 Å². The van der Waals surface area contributed by atoms with Gasteiger partial charge < -0.3 is 20.6 Å². The second-order valence-electron chi connectivity index (χ2n) is 13.4. The minimum Gasteiger partial charge on any atom is -0.326 e. The SMILES string of the molecule is C/C=C1\[C@H]2C=C(C)C[C@]1(NCCCCCCCN[C@@]13CC(C)=C[C@@H](Cc4[nH]c(=O)ccc41)/C3=C\C)c1ccc(=O)[nH]c1C2. The van der Waals surface area contributed by atoms with E-state index >= 15 is 0 Å². The summed E-state index contributed by atoms with van der Waals surface area (Å²) in [5, 5.41) is 7.98. The highest BCUT2D eigenvalue weighted by atomic mass is 16.1. The molecule has 2 aromatic heterocycles. The Morgan fingerprint density at radius 1 is 0.698 bits per heavy atom. The third kappa shape index (κ3) is 5.38. The number of aromatic nitrogens is 2. The van der Waals surface area contributed by atoms with Gasteiger partial charge in [-0.3, -0.25) is 9.59 Å². The fourth-order valence-corrected chi connectivity index (χ4v) is 8.92. The molecule has 6 rings (SSSR count). The molecule has 2 aromatic rings. The van der Waals surface area contributed by atoms with Gasteiger partial charge in [-0.2, -0.15) is 0 Å². The molecule has 6 heteroatoms. The molecule has 4 atom stereocenters. The number of H-pyrrole nitrogens is 2. The number of aromatic amines is 2. The van der Waals surface area contributed by atoms with Crippen molar-refractivity contribution >= 4 is 0 Å². The molecule has 0 unspecified atom stereocenters. The number of pyridine rings is 2. The third-order valence-electron chi connectivity index (χ3n) is 10.4. The van der Waals surface area contributed by atoms with Crippen molar-refractivity contribution in [3.8, 4) is 0 Å². The van der Waals surface area contributed by atoms with Crippen molar-refractivity contribution in [1.82, 2.24) is 20.6 Å². The fraction of sp³-hybridized carbons (Fsp3) is 0.514. The van der Waals surface area contributed by atoms with Crippen LogP contribution >= 0.6 is 0 Å². The van der Waals surface area contributed by atoms with Crippen molar-refractivity contribution < 1.29 is 0 Å². The van der Waals surface area contributed by atoms with Crippen LogP contribution in [0.2, 0.25) is 0 Å². The molecule has 0 spiro atoms. The molecule has 4 aliphatic carbocycles. The summed E-state index contributed by atoms with van der Waals surface area (Å²) in [6.07, 6.45) is 18.9. The molecule has 4 aliphatic rings. The first-order valence-corrected chi connectivity index (χ1v) is 16.4. The molecular formula is C37H48N4O2. The summed E-state index contributed by atoms with van der Waals surface area (Å²) in [6.45, 7) is 10.7. The molecule has 4 N–H and O–H groups in total. The molecule has 0 fully saturated rings. The van der Waals surface area contributed by atoms with E-state index in [2.05, 4.69) is 84.7 Å². The first-order valence-electron chi connectivity index (χ1n) is 16.4. The summed E-state index contributed by atoms with van der Waals surface area (Å²) in [5.74, 6) is 0.698. The minimum absolute atomic E-state index is 0.00911. The summed E-state index contributed by atoms with van der Waals surface area (Å²) in [4.78, 5) is 30.5. The maximum Gasteiger partial charge on any atom is 0.248 e. The van der Waals surface area contributed by atoms with Crippen molar-refractivity contribution in [2.45, 2.75) is 96.6 Å². The molecule has 0 radical (unpaired) electrons. The van der Waals surface area contributed by atoms with Gasteiger partial charge in [0.2, 0.25) is 11.1 Å². The molecular weight excluding hydrogens is 532 g/mol. The smallest absolute Gasteiger partial charge is 0.248 e. The lowest BCUT2D eigenvalue weighted by Crippen LogP contribution is -2.52. The van der Waals surface area contributed by atoms with Crippen LogP contribution < -0.4 is 21.8 Å². The van der Waals surface area contributed by atoms with Crippen molar-refractivity contribution in [3.05, 3.63) is 114 Å². The Kier molecular flexibility index (Phi) is 8.36. The Balaban J connectivity index is 1.03. The van der Waals surface area contributed by atoms with Gasteiger partial charge in [0.1, 0.15) is 0 Å². The number of unbranched alkanes of at least 4 members (excludes halogenated alkanes) is 4. The van der Waals surface area contributed by atoms with Crippen molar-refractivity contribution in [2.24, 2.45) is 11.8 Å². The van der Waals surface area contributed by atoms with Crippen LogP contribution in [0.1, 0.15) is 95.2 Å². The van der Waals surface area contributed by atoms with Crippen molar-refractivity contribution in [2.75, 3.05) is 13.1 Å². The lowest BCUT2D eigenvalue weighted by atomic mass is 9.63. The molecule has 0 saturated carbocycles. The Labute approximate surface area is 255 Å². The second kappa shape index (κ2) is 12.0. The highest BCUT2D eigenvalue weighted by Crippen LogP contribution is 2.50. The average molecular weight is 581 g/mol. The lowest BCUT2D eigenvalue weighted by Gasteiger charge is -2.48. The maximum atomic E-state index is 12.1. The van der Waals surface area contributed by atoms with E-state index in [-0.39, 0.29) is 22.2 Å². The number of hydrogen-bond donors (Lipinski definition) is 4. The molecule has 0 aromatic carbocycles. The number of fused-ring (bicyclic) bond motifs is 8. The monoisotopic (exact) mass is 580 g/mol. The molecule has 0 saturated heterocycles. The van der Waals surface area contributed by atoms with E-state index in [4.69, 9.17) is 0 Å². The molecule has 2 heterocycles. The minimum atomic E-state index is -0.214. The number of nitrogens with one attached hydrogen (secondary N) is 4. The summed E-state index contributed by atoms with van der Waals surface area (Å²) < 4.78 is 0. The zero-order valence-corrected chi connectivity index (χ0v) is 26.4. The van der Waals surface area contributed by atoms with Crippen molar-refractivity contribution in [1.29, 1.82) is 0 Å². The van der Waals surface area contributed by atoms with E-state index in [9.17, 15) is 9.59 Å². The van der Waals surface area contributed by atoms with Gasteiger partial charge in [0, 0.05) is 35.4 Å². The second-order valence-corrected chi connectivity index (χ2v) is 13.4. The van der Waals surface area contributed by atoms with Crippen LogP contribution in [0.15, 0.2) is 80.5 Å². The van der Waals surface area contributed by atoms with Gasteiger partial charge >= 0.3 is 0 Å².